The first kappa shape index (κ1) is 24.8. The number of sulfonamides is 1. The summed E-state index contributed by atoms with van der Waals surface area (Å²) < 4.78 is 27.7. The Balaban J connectivity index is 1.86. The number of carbonyl (C=O) groups excluding carboxylic acids is 1. The summed E-state index contributed by atoms with van der Waals surface area (Å²) in [6.45, 7) is 3.63. The molecule has 6 nitrogen and oxygen atoms in total. The zero-order chi connectivity index (χ0) is 24.0. The highest BCUT2D eigenvalue weighted by Gasteiger charge is 2.27. The lowest BCUT2D eigenvalue weighted by molar-refractivity contribution is -0.119. The summed E-state index contributed by atoms with van der Waals surface area (Å²) in [7, 11) is -3.99. The SMILES string of the molecule is CC(C)c1ccc(N(CC(=O)N/N=C\c2c(Cl)cccc2Cl)S(=O)(=O)c2ccccc2)cc1. The van der Waals surface area contributed by atoms with Crippen molar-refractivity contribution in [3.05, 3.63) is 94.0 Å². The molecule has 0 radical (unpaired) electrons. The molecule has 0 unspecified atom stereocenters. The number of hydrogen-bond acceptors (Lipinski definition) is 4. The second-order valence-corrected chi connectivity index (χ2v) is 10.2. The predicted octanol–water partition coefficient (Wildman–Crippen LogP) is 5.46. The fraction of sp³-hybridized carbons (Fsp3) is 0.167. The smallest absolute Gasteiger partial charge is 0.264 e. The Morgan fingerprint density at radius 2 is 1.58 bits per heavy atom. The summed E-state index contributed by atoms with van der Waals surface area (Å²) in [5.41, 5.74) is 4.22. The highest BCUT2D eigenvalue weighted by atomic mass is 35.5. The molecule has 3 rings (SSSR count). The van der Waals surface area contributed by atoms with Crippen LogP contribution in [0.1, 0.15) is 30.9 Å². The van der Waals surface area contributed by atoms with Crippen molar-refractivity contribution in [2.45, 2.75) is 24.7 Å². The maximum atomic E-state index is 13.3. The lowest BCUT2D eigenvalue weighted by atomic mass is 10.0. The van der Waals surface area contributed by atoms with Crippen LogP contribution in [0.5, 0.6) is 0 Å². The summed E-state index contributed by atoms with van der Waals surface area (Å²) in [4.78, 5) is 12.7. The number of rotatable bonds is 8. The minimum atomic E-state index is -3.99. The molecule has 1 amide bonds. The fourth-order valence-corrected chi connectivity index (χ4v) is 4.97. The molecule has 33 heavy (non-hydrogen) atoms. The second kappa shape index (κ2) is 10.8. The van der Waals surface area contributed by atoms with E-state index in [0.29, 0.717) is 21.3 Å². The van der Waals surface area contributed by atoms with E-state index in [1.807, 2.05) is 26.0 Å². The first-order chi connectivity index (χ1) is 15.7. The summed E-state index contributed by atoms with van der Waals surface area (Å²) in [5, 5.41) is 4.64. The van der Waals surface area contributed by atoms with Gasteiger partial charge in [-0.1, -0.05) is 73.4 Å². The number of nitrogens with one attached hydrogen (secondary N) is 1. The van der Waals surface area contributed by atoms with Gasteiger partial charge in [-0.15, -0.1) is 0 Å². The van der Waals surface area contributed by atoms with E-state index in [-0.39, 0.29) is 10.8 Å². The van der Waals surface area contributed by atoms with Crippen LogP contribution in [0.15, 0.2) is 82.8 Å². The number of halogens is 2. The molecule has 0 aliphatic carbocycles. The van der Waals surface area contributed by atoms with E-state index in [4.69, 9.17) is 23.2 Å². The van der Waals surface area contributed by atoms with Crippen molar-refractivity contribution in [2.75, 3.05) is 10.8 Å². The average Bonchev–Trinajstić information content (AvgIpc) is 2.80. The Labute approximate surface area is 203 Å². The van der Waals surface area contributed by atoms with Crippen LogP contribution in [0.2, 0.25) is 10.0 Å². The van der Waals surface area contributed by atoms with Gasteiger partial charge in [0.25, 0.3) is 15.9 Å². The zero-order valence-electron chi connectivity index (χ0n) is 18.1. The third-order valence-corrected chi connectivity index (χ3v) is 7.30. The van der Waals surface area contributed by atoms with Crippen LogP contribution in [-0.2, 0) is 14.8 Å². The van der Waals surface area contributed by atoms with Crippen LogP contribution in [0.25, 0.3) is 0 Å². The fourth-order valence-electron chi connectivity index (χ4n) is 3.03. The molecule has 3 aromatic carbocycles. The molecule has 0 saturated carbocycles. The lowest BCUT2D eigenvalue weighted by Gasteiger charge is -2.24. The Hall–Kier alpha value is -2.87. The molecule has 172 valence electrons. The van der Waals surface area contributed by atoms with E-state index in [2.05, 4.69) is 10.5 Å². The first-order valence-corrected chi connectivity index (χ1v) is 12.3. The molecule has 0 spiro atoms. The number of carbonyl (C=O) groups is 1. The highest BCUT2D eigenvalue weighted by Crippen LogP contribution is 2.26. The summed E-state index contributed by atoms with van der Waals surface area (Å²) >= 11 is 12.2. The Morgan fingerprint density at radius 1 is 0.970 bits per heavy atom. The summed E-state index contributed by atoms with van der Waals surface area (Å²) in [6, 6.07) is 20.0. The number of nitrogens with zero attached hydrogens (tertiary/aromatic N) is 2. The molecule has 0 aliphatic rings. The Kier molecular flexibility index (Phi) is 8.13. The van der Waals surface area contributed by atoms with Gasteiger partial charge >= 0.3 is 0 Å². The average molecular weight is 504 g/mol. The van der Waals surface area contributed by atoms with Crippen LogP contribution in [0.3, 0.4) is 0 Å². The van der Waals surface area contributed by atoms with E-state index in [0.717, 1.165) is 9.87 Å². The molecule has 0 heterocycles. The van der Waals surface area contributed by atoms with Crippen LogP contribution in [0, 0.1) is 0 Å². The Morgan fingerprint density at radius 3 is 2.15 bits per heavy atom. The van der Waals surface area contributed by atoms with Gasteiger partial charge in [-0.05, 0) is 47.9 Å². The largest absolute Gasteiger partial charge is 0.271 e. The third kappa shape index (κ3) is 6.13. The van der Waals surface area contributed by atoms with Crippen LogP contribution >= 0.6 is 23.2 Å². The van der Waals surface area contributed by atoms with Gasteiger partial charge in [-0.2, -0.15) is 5.10 Å². The number of benzene rings is 3. The second-order valence-electron chi connectivity index (χ2n) is 7.50. The van der Waals surface area contributed by atoms with Crippen molar-refractivity contribution >= 4 is 51.0 Å². The van der Waals surface area contributed by atoms with Crippen molar-refractivity contribution in [3.8, 4) is 0 Å². The van der Waals surface area contributed by atoms with Gasteiger partial charge < -0.3 is 0 Å². The molecule has 0 fully saturated rings. The van der Waals surface area contributed by atoms with Crippen LogP contribution in [-0.4, -0.2) is 27.1 Å². The molecule has 9 heteroatoms. The minimum Gasteiger partial charge on any atom is -0.271 e. The maximum Gasteiger partial charge on any atom is 0.264 e. The molecular weight excluding hydrogens is 481 g/mol. The minimum absolute atomic E-state index is 0.0806. The Bertz CT molecular complexity index is 1230. The standard InChI is InChI=1S/C24H23Cl2N3O3S/c1-17(2)18-11-13-19(14-12-18)29(33(31,32)20-7-4-3-5-8-20)16-24(30)28-27-15-21-22(25)9-6-10-23(21)26/h3-15,17H,16H2,1-2H3,(H,28,30)/b27-15-. The maximum absolute atomic E-state index is 13.3. The van der Waals surface area contributed by atoms with Crippen LogP contribution in [0.4, 0.5) is 5.69 Å². The van der Waals surface area contributed by atoms with Gasteiger partial charge in [0.2, 0.25) is 0 Å². The van der Waals surface area contributed by atoms with E-state index < -0.39 is 22.5 Å². The molecule has 1 N–H and O–H groups in total. The molecule has 0 aliphatic heterocycles. The summed E-state index contributed by atoms with van der Waals surface area (Å²) in [6.07, 6.45) is 1.32. The third-order valence-electron chi connectivity index (χ3n) is 4.85. The summed E-state index contributed by atoms with van der Waals surface area (Å²) in [5.74, 6) is -0.339. The van der Waals surface area contributed by atoms with Crippen LogP contribution < -0.4 is 9.73 Å². The molecular formula is C24H23Cl2N3O3S. The van der Waals surface area contributed by atoms with Gasteiger partial charge in [0.1, 0.15) is 6.54 Å². The molecule has 0 aromatic heterocycles. The number of anilines is 1. The normalized spacial score (nSPS) is 11.7. The van der Waals surface area contributed by atoms with E-state index in [9.17, 15) is 13.2 Å². The first-order valence-electron chi connectivity index (χ1n) is 10.1. The van der Waals surface area contributed by atoms with Crippen molar-refractivity contribution < 1.29 is 13.2 Å². The quantitative estimate of drug-likeness (QED) is 0.327. The lowest BCUT2D eigenvalue weighted by Crippen LogP contribution is -2.39. The van der Waals surface area contributed by atoms with Gasteiger partial charge in [0.15, 0.2) is 0 Å². The monoisotopic (exact) mass is 503 g/mol. The predicted molar refractivity (Wildman–Crippen MR) is 134 cm³/mol. The van der Waals surface area contributed by atoms with Gasteiger partial charge in [-0.25, -0.2) is 13.8 Å². The topological polar surface area (TPSA) is 78.8 Å². The molecule has 0 saturated heterocycles. The number of hydrogen-bond donors (Lipinski definition) is 1. The van der Waals surface area contributed by atoms with Gasteiger partial charge in [-0.3, -0.25) is 9.10 Å². The highest BCUT2D eigenvalue weighted by molar-refractivity contribution is 7.92. The van der Waals surface area contributed by atoms with Crippen molar-refractivity contribution in [3.63, 3.8) is 0 Å². The molecule has 0 bridgehead atoms. The van der Waals surface area contributed by atoms with E-state index in [1.165, 1.54) is 18.3 Å². The van der Waals surface area contributed by atoms with Crippen molar-refractivity contribution in [1.29, 1.82) is 0 Å². The van der Waals surface area contributed by atoms with E-state index >= 15 is 0 Å². The molecule has 3 aromatic rings. The number of amides is 1. The zero-order valence-corrected chi connectivity index (χ0v) is 20.4. The van der Waals surface area contributed by atoms with Gasteiger partial charge in [0, 0.05) is 5.56 Å². The van der Waals surface area contributed by atoms with Gasteiger partial charge in [0.05, 0.1) is 26.8 Å². The van der Waals surface area contributed by atoms with E-state index in [1.54, 1.807) is 48.5 Å². The molecule has 0 atom stereocenters. The van der Waals surface area contributed by atoms with Crippen molar-refractivity contribution in [2.24, 2.45) is 5.10 Å². The van der Waals surface area contributed by atoms with Crippen molar-refractivity contribution in [1.82, 2.24) is 5.43 Å². The number of hydrazone groups is 1.